The highest BCUT2D eigenvalue weighted by molar-refractivity contribution is 5.87. The highest BCUT2D eigenvalue weighted by atomic mass is 16.2. The van der Waals surface area contributed by atoms with Gasteiger partial charge in [0.2, 0.25) is 11.8 Å². The summed E-state index contributed by atoms with van der Waals surface area (Å²) in [4.78, 5) is 23.0. The predicted octanol–water partition coefficient (Wildman–Crippen LogP) is -0.373. The molecule has 1 saturated heterocycles. The topological polar surface area (TPSA) is 70.2 Å². The summed E-state index contributed by atoms with van der Waals surface area (Å²) in [5.74, 6) is 0.290. The van der Waals surface area contributed by atoms with Crippen molar-refractivity contribution in [3.05, 3.63) is 0 Å². The van der Waals surface area contributed by atoms with Crippen molar-refractivity contribution in [3.63, 3.8) is 0 Å². The van der Waals surface area contributed by atoms with E-state index in [1.165, 1.54) is 0 Å². The Morgan fingerprint density at radius 2 is 2.12 bits per heavy atom. The minimum absolute atomic E-state index is 0.0364. The predicted molar refractivity (Wildman–Crippen MR) is 61.9 cm³/mol. The van der Waals surface area contributed by atoms with E-state index in [9.17, 15) is 9.59 Å². The fourth-order valence-electron chi connectivity index (χ4n) is 1.52. The van der Waals surface area contributed by atoms with Gasteiger partial charge in [-0.15, -0.1) is 0 Å². The van der Waals surface area contributed by atoms with Crippen LogP contribution < -0.4 is 16.0 Å². The van der Waals surface area contributed by atoms with E-state index in [0.717, 1.165) is 19.5 Å². The third-order valence-electron chi connectivity index (χ3n) is 2.66. The van der Waals surface area contributed by atoms with Crippen LogP contribution in [-0.4, -0.2) is 37.5 Å². The summed E-state index contributed by atoms with van der Waals surface area (Å²) in [6.07, 6.45) is 1.42. The molecule has 0 aromatic heterocycles. The number of carbonyl (C=O) groups is 2. The minimum atomic E-state index is -0.438. The second kappa shape index (κ2) is 6.48. The molecule has 1 atom stereocenters. The molecule has 92 valence electrons. The molecule has 0 spiro atoms. The molecule has 1 unspecified atom stereocenters. The van der Waals surface area contributed by atoms with Crippen LogP contribution in [0.2, 0.25) is 0 Å². The average molecular weight is 227 g/mol. The molecule has 0 radical (unpaired) electrons. The van der Waals surface area contributed by atoms with Gasteiger partial charge in [-0.2, -0.15) is 0 Å². The normalized spacial score (nSPS) is 17.4. The van der Waals surface area contributed by atoms with Crippen molar-refractivity contribution in [1.82, 2.24) is 16.0 Å². The van der Waals surface area contributed by atoms with Gasteiger partial charge in [0.15, 0.2) is 0 Å². The molecule has 3 N–H and O–H groups in total. The molecule has 0 aliphatic carbocycles. The molecule has 0 bridgehead atoms. The minimum Gasteiger partial charge on any atom is -0.354 e. The van der Waals surface area contributed by atoms with Crippen LogP contribution in [0, 0.1) is 5.92 Å². The second-order valence-corrected chi connectivity index (χ2v) is 4.31. The van der Waals surface area contributed by atoms with E-state index in [1.54, 1.807) is 6.92 Å². The summed E-state index contributed by atoms with van der Waals surface area (Å²) >= 11 is 0. The van der Waals surface area contributed by atoms with E-state index < -0.39 is 6.04 Å². The molecule has 0 aromatic rings. The first-order valence-corrected chi connectivity index (χ1v) is 5.91. The number of amides is 2. The molecule has 1 fully saturated rings. The van der Waals surface area contributed by atoms with Crippen molar-refractivity contribution in [1.29, 1.82) is 0 Å². The summed E-state index contributed by atoms with van der Waals surface area (Å²) in [6, 6.07) is -0.438. The zero-order valence-corrected chi connectivity index (χ0v) is 10.0. The Morgan fingerprint density at radius 3 is 2.62 bits per heavy atom. The lowest BCUT2D eigenvalue weighted by Gasteiger charge is -2.26. The van der Waals surface area contributed by atoms with Crippen LogP contribution in [0.3, 0.4) is 0 Å². The quantitative estimate of drug-likeness (QED) is 0.579. The van der Waals surface area contributed by atoms with E-state index in [-0.39, 0.29) is 11.8 Å². The van der Waals surface area contributed by atoms with Crippen molar-refractivity contribution in [3.8, 4) is 0 Å². The lowest BCUT2D eigenvalue weighted by atomic mass is 9.99. The monoisotopic (exact) mass is 227 g/mol. The summed E-state index contributed by atoms with van der Waals surface area (Å²) in [5, 5.41) is 8.57. The Morgan fingerprint density at radius 1 is 1.44 bits per heavy atom. The lowest BCUT2D eigenvalue weighted by Crippen LogP contribution is -2.48. The van der Waals surface area contributed by atoms with Gasteiger partial charge in [-0.1, -0.05) is 6.92 Å². The smallest absolute Gasteiger partial charge is 0.242 e. The maximum atomic E-state index is 11.5. The zero-order chi connectivity index (χ0) is 12.0. The molecule has 5 heteroatoms. The fraction of sp³-hybridized carbons (Fsp3) is 0.818. The largest absolute Gasteiger partial charge is 0.354 e. The van der Waals surface area contributed by atoms with Gasteiger partial charge in [0.05, 0.1) is 0 Å². The first-order chi connectivity index (χ1) is 7.63. The van der Waals surface area contributed by atoms with Crippen LogP contribution >= 0.6 is 0 Å². The van der Waals surface area contributed by atoms with Gasteiger partial charge in [-0.3, -0.25) is 9.59 Å². The SMILES string of the molecule is CCCNC(=O)C(C)NC(=O)CC1CNC1. The Kier molecular flexibility index (Phi) is 5.25. The van der Waals surface area contributed by atoms with Gasteiger partial charge in [0, 0.05) is 13.0 Å². The van der Waals surface area contributed by atoms with Gasteiger partial charge in [0.25, 0.3) is 0 Å². The van der Waals surface area contributed by atoms with Gasteiger partial charge >= 0.3 is 0 Å². The number of rotatable bonds is 6. The highest BCUT2D eigenvalue weighted by Crippen LogP contribution is 2.07. The second-order valence-electron chi connectivity index (χ2n) is 4.31. The summed E-state index contributed by atoms with van der Waals surface area (Å²) in [6.45, 7) is 6.17. The number of hydrogen-bond donors (Lipinski definition) is 3. The van der Waals surface area contributed by atoms with E-state index in [1.807, 2.05) is 6.92 Å². The Balaban J connectivity index is 2.18. The zero-order valence-electron chi connectivity index (χ0n) is 10.0. The van der Waals surface area contributed by atoms with E-state index >= 15 is 0 Å². The maximum absolute atomic E-state index is 11.5. The Hall–Kier alpha value is -1.10. The van der Waals surface area contributed by atoms with Crippen LogP contribution in [0.15, 0.2) is 0 Å². The number of carbonyl (C=O) groups excluding carboxylic acids is 2. The summed E-state index contributed by atoms with van der Waals surface area (Å²) in [5.41, 5.74) is 0. The van der Waals surface area contributed by atoms with Crippen molar-refractivity contribution in [2.24, 2.45) is 5.92 Å². The Bertz CT molecular complexity index is 252. The molecular weight excluding hydrogens is 206 g/mol. The van der Waals surface area contributed by atoms with Gasteiger partial charge in [-0.05, 0) is 32.4 Å². The molecule has 16 heavy (non-hydrogen) atoms. The molecular formula is C11H21N3O2. The highest BCUT2D eigenvalue weighted by Gasteiger charge is 2.22. The van der Waals surface area contributed by atoms with Crippen molar-refractivity contribution in [2.75, 3.05) is 19.6 Å². The van der Waals surface area contributed by atoms with Crippen LogP contribution in [0.5, 0.6) is 0 Å². The third kappa shape index (κ3) is 4.18. The van der Waals surface area contributed by atoms with Crippen LogP contribution in [0.1, 0.15) is 26.7 Å². The van der Waals surface area contributed by atoms with Crippen LogP contribution in [0.4, 0.5) is 0 Å². The van der Waals surface area contributed by atoms with E-state index in [2.05, 4.69) is 16.0 Å². The summed E-state index contributed by atoms with van der Waals surface area (Å²) in [7, 11) is 0. The lowest BCUT2D eigenvalue weighted by molar-refractivity contribution is -0.129. The maximum Gasteiger partial charge on any atom is 0.242 e. The fourth-order valence-corrected chi connectivity index (χ4v) is 1.52. The van der Waals surface area contributed by atoms with Crippen LogP contribution in [0.25, 0.3) is 0 Å². The molecule has 1 rings (SSSR count). The number of nitrogens with one attached hydrogen (secondary N) is 3. The molecule has 1 heterocycles. The number of hydrogen-bond acceptors (Lipinski definition) is 3. The van der Waals surface area contributed by atoms with Gasteiger partial charge in [0.1, 0.15) is 6.04 Å². The van der Waals surface area contributed by atoms with Crippen molar-refractivity contribution < 1.29 is 9.59 Å². The molecule has 0 saturated carbocycles. The first kappa shape index (κ1) is 13.0. The van der Waals surface area contributed by atoms with E-state index in [0.29, 0.717) is 18.9 Å². The van der Waals surface area contributed by atoms with Gasteiger partial charge < -0.3 is 16.0 Å². The molecule has 1 aliphatic rings. The molecule has 0 aromatic carbocycles. The summed E-state index contributed by atoms with van der Waals surface area (Å²) < 4.78 is 0. The Labute approximate surface area is 96.4 Å². The third-order valence-corrected chi connectivity index (χ3v) is 2.66. The van der Waals surface area contributed by atoms with Crippen molar-refractivity contribution in [2.45, 2.75) is 32.7 Å². The average Bonchev–Trinajstić information content (AvgIpc) is 2.20. The molecule has 1 aliphatic heterocycles. The van der Waals surface area contributed by atoms with Crippen molar-refractivity contribution >= 4 is 11.8 Å². The molecule has 2 amide bonds. The van der Waals surface area contributed by atoms with Crippen LogP contribution in [-0.2, 0) is 9.59 Å². The standard InChI is InChI=1S/C11H21N3O2/c1-3-4-13-11(16)8(2)14-10(15)5-9-6-12-7-9/h8-9,12H,3-7H2,1-2H3,(H,13,16)(H,14,15). The first-order valence-electron chi connectivity index (χ1n) is 5.91. The van der Waals surface area contributed by atoms with Gasteiger partial charge in [-0.25, -0.2) is 0 Å². The van der Waals surface area contributed by atoms with E-state index in [4.69, 9.17) is 0 Å². The molecule has 5 nitrogen and oxygen atoms in total.